The van der Waals surface area contributed by atoms with Crippen molar-refractivity contribution in [3.63, 3.8) is 0 Å². The Hall–Kier alpha value is -2.37. The Balaban J connectivity index is 1.52. The number of rotatable bonds is 4. The van der Waals surface area contributed by atoms with Gasteiger partial charge in [-0.25, -0.2) is 4.68 Å². The van der Waals surface area contributed by atoms with Gasteiger partial charge in [0.15, 0.2) is 6.23 Å². The summed E-state index contributed by atoms with van der Waals surface area (Å²) >= 11 is 5.93. The van der Waals surface area contributed by atoms with Crippen LogP contribution in [0.5, 0.6) is 0 Å². The second kappa shape index (κ2) is 6.86. The van der Waals surface area contributed by atoms with E-state index in [0.29, 0.717) is 13.2 Å². The zero-order valence-electron chi connectivity index (χ0n) is 14.0. The van der Waals surface area contributed by atoms with Gasteiger partial charge >= 0.3 is 0 Å². The minimum atomic E-state index is -0.193. The van der Waals surface area contributed by atoms with Gasteiger partial charge in [0.2, 0.25) is 0 Å². The fourth-order valence-electron chi connectivity index (χ4n) is 3.00. The monoisotopic (exact) mass is 354 g/mol. The number of benzene rings is 2. The second-order valence-corrected chi connectivity index (χ2v) is 6.66. The molecule has 1 atom stereocenters. The minimum Gasteiger partial charge on any atom is -0.350 e. The zero-order chi connectivity index (χ0) is 17.2. The van der Waals surface area contributed by atoms with Gasteiger partial charge in [-0.05, 0) is 36.8 Å². The van der Waals surface area contributed by atoms with Gasteiger partial charge in [-0.15, -0.1) is 5.10 Å². The summed E-state index contributed by atoms with van der Waals surface area (Å²) in [7, 11) is 0. The number of ether oxygens (including phenoxy) is 1. The number of aryl methyl sites for hydroxylation is 1. The Kier molecular flexibility index (Phi) is 4.42. The maximum atomic E-state index is 5.93. The molecule has 0 radical (unpaired) electrons. The number of hydrogen-bond donors (Lipinski definition) is 0. The summed E-state index contributed by atoms with van der Waals surface area (Å²) in [6.45, 7) is 4.27. The van der Waals surface area contributed by atoms with E-state index in [9.17, 15) is 0 Å². The Morgan fingerprint density at radius 2 is 1.88 bits per heavy atom. The maximum Gasteiger partial charge on any atom is 0.177 e. The van der Waals surface area contributed by atoms with Gasteiger partial charge in [-0.1, -0.05) is 46.6 Å². The Morgan fingerprint density at radius 1 is 1.12 bits per heavy atom. The molecule has 6 heteroatoms. The van der Waals surface area contributed by atoms with Crippen LogP contribution < -0.4 is 4.90 Å². The molecule has 5 nitrogen and oxygen atoms in total. The third-order valence-corrected chi connectivity index (χ3v) is 4.58. The standard InChI is InChI=1S/C19H19ClN4O/c1-14-2-8-17(9-3-14)24-10-11-25-19(24)18-13-23(22-21-18)12-15-4-6-16(20)7-5-15/h2-9,13,19H,10-12H2,1H3/t19-/m0/s1. The van der Waals surface area contributed by atoms with Crippen LogP contribution in [0.3, 0.4) is 0 Å². The highest BCUT2D eigenvalue weighted by Gasteiger charge is 2.29. The average Bonchev–Trinajstić information content (AvgIpc) is 3.27. The molecule has 2 aromatic carbocycles. The van der Waals surface area contributed by atoms with Gasteiger partial charge in [-0.2, -0.15) is 0 Å². The first kappa shape index (κ1) is 16.1. The van der Waals surface area contributed by atoms with E-state index in [4.69, 9.17) is 16.3 Å². The van der Waals surface area contributed by atoms with Crippen molar-refractivity contribution in [1.29, 1.82) is 0 Å². The largest absolute Gasteiger partial charge is 0.350 e. The lowest BCUT2D eigenvalue weighted by Crippen LogP contribution is -2.23. The van der Waals surface area contributed by atoms with Gasteiger partial charge in [0.05, 0.1) is 19.3 Å². The summed E-state index contributed by atoms with van der Waals surface area (Å²) in [4.78, 5) is 2.22. The molecule has 0 bridgehead atoms. The summed E-state index contributed by atoms with van der Waals surface area (Å²) in [6, 6.07) is 16.2. The zero-order valence-corrected chi connectivity index (χ0v) is 14.7. The summed E-state index contributed by atoms with van der Waals surface area (Å²) < 4.78 is 7.74. The molecule has 0 amide bonds. The lowest BCUT2D eigenvalue weighted by Gasteiger charge is -2.23. The van der Waals surface area contributed by atoms with Gasteiger partial charge in [0.1, 0.15) is 5.69 Å². The van der Waals surface area contributed by atoms with Crippen molar-refractivity contribution in [3.05, 3.63) is 76.6 Å². The molecule has 0 aliphatic carbocycles. The van der Waals surface area contributed by atoms with E-state index in [1.807, 2.05) is 35.1 Å². The van der Waals surface area contributed by atoms with Crippen LogP contribution in [0, 0.1) is 6.92 Å². The predicted octanol–water partition coefficient (Wildman–Crippen LogP) is 3.82. The molecule has 0 saturated carbocycles. The molecule has 0 N–H and O–H groups in total. The molecule has 1 fully saturated rings. The van der Waals surface area contributed by atoms with E-state index in [1.165, 1.54) is 5.56 Å². The van der Waals surface area contributed by atoms with Crippen molar-refractivity contribution in [2.45, 2.75) is 19.7 Å². The van der Waals surface area contributed by atoms with E-state index in [2.05, 4.69) is 46.4 Å². The number of halogens is 1. The average molecular weight is 355 g/mol. The molecule has 128 valence electrons. The Labute approximate surface area is 151 Å². The first-order chi connectivity index (χ1) is 12.2. The van der Waals surface area contributed by atoms with Crippen LogP contribution in [-0.4, -0.2) is 28.1 Å². The third-order valence-electron chi connectivity index (χ3n) is 4.32. The number of nitrogens with zero attached hydrogens (tertiary/aromatic N) is 4. The third kappa shape index (κ3) is 3.52. The van der Waals surface area contributed by atoms with Crippen molar-refractivity contribution in [3.8, 4) is 0 Å². The van der Waals surface area contributed by atoms with Crippen LogP contribution in [0.15, 0.2) is 54.7 Å². The number of aromatic nitrogens is 3. The van der Waals surface area contributed by atoms with Crippen LogP contribution in [-0.2, 0) is 11.3 Å². The van der Waals surface area contributed by atoms with E-state index in [0.717, 1.165) is 28.5 Å². The normalized spacial score (nSPS) is 17.2. The van der Waals surface area contributed by atoms with E-state index >= 15 is 0 Å². The minimum absolute atomic E-state index is 0.193. The molecule has 3 aromatic rings. The van der Waals surface area contributed by atoms with E-state index in [1.54, 1.807) is 0 Å². The van der Waals surface area contributed by atoms with Crippen molar-refractivity contribution < 1.29 is 4.74 Å². The van der Waals surface area contributed by atoms with Crippen LogP contribution in [0.25, 0.3) is 0 Å². The highest BCUT2D eigenvalue weighted by Crippen LogP contribution is 2.31. The first-order valence-electron chi connectivity index (χ1n) is 8.28. The topological polar surface area (TPSA) is 43.2 Å². The molecule has 1 saturated heterocycles. The predicted molar refractivity (Wildman–Crippen MR) is 97.8 cm³/mol. The van der Waals surface area contributed by atoms with E-state index in [-0.39, 0.29) is 6.23 Å². The van der Waals surface area contributed by atoms with Crippen molar-refractivity contribution in [1.82, 2.24) is 15.0 Å². The molecule has 1 aliphatic rings. The van der Waals surface area contributed by atoms with Crippen molar-refractivity contribution >= 4 is 17.3 Å². The molecule has 1 aromatic heterocycles. The fourth-order valence-corrected chi connectivity index (χ4v) is 3.12. The van der Waals surface area contributed by atoms with Gasteiger partial charge in [0, 0.05) is 17.3 Å². The van der Waals surface area contributed by atoms with Crippen LogP contribution in [0.2, 0.25) is 5.02 Å². The van der Waals surface area contributed by atoms with Crippen LogP contribution in [0.4, 0.5) is 5.69 Å². The van der Waals surface area contributed by atoms with Gasteiger partial charge in [-0.3, -0.25) is 0 Å². The van der Waals surface area contributed by atoms with Crippen LogP contribution in [0.1, 0.15) is 23.0 Å². The highest BCUT2D eigenvalue weighted by molar-refractivity contribution is 6.30. The quantitative estimate of drug-likeness (QED) is 0.714. The summed E-state index contributed by atoms with van der Waals surface area (Å²) in [5.74, 6) is 0. The van der Waals surface area contributed by atoms with Crippen molar-refractivity contribution in [2.24, 2.45) is 0 Å². The van der Waals surface area contributed by atoms with E-state index < -0.39 is 0 Å². The van der Waals surface area contributed by atoms with Crippen molar-refractivity contribution in [2.75, 3.05) is 18.1 Å². The molecule has 2 heterocycles. The van der Waals surface area contributed by atoms with Gasteiger partial charge < -0.3 is 9.64 Å². The summed E-state index contributed by atoms with van der Waals surface area (Å²) in [6.07, 6.45) is 1.76. The smallest absolute Gasteiger partial charge is 0.177 e. The number of hydrogen-bond acceptors (Lipinski definition) is 4. The summed E-state index contributed by atoms with van der Waals surface area (Å²) in [5, 5.41) is 9.31. The molecule has 1 aliphatic heterocycles. The highest BCUT2D eigenvalue weighted by atomic mass is 35.5. The Morgan fingerprint density at radius 3 is 2.64 bits per heavy atom. The molecule has 25 heavy (non-hydrogen) atoms. The SMILES string of the molecule is Cc1ccc(N2CCO[C@H]2c2cn(Cc3ccc(Cl)cc3)nn2)cc1. The second-order valence-electron chi connectivity index (χ2n) is 6.22. The first-order valence-corrected chi connectivity index (χ1v) is 8.66. The Bertz CT molecular complexity index is 845. The molecule has 4 rings (SSSR count). The molecule has 0 spiro atoms. The summed E-state index contributed by atoms with van der Waals surface area (Å²) in [5.41, 5.74) is 4.34. The number of anilines is 1. The van der Waals surface area contributed by atoms with Crippen LogP contribution >= 0.6 is 11.6 Å². The van der Waals surface area contributed by atoms with Gasteiger partial charge in [0.25, 0.3) is 0 Å². The molecule has 0 unspecified atom stereocenters. The fraction of sp³-hybridized carbons (Fsp3) is 0.263. The molecular weight excluding hydrogens is 336 g/mol. The lowest BCUT2D eigenvalue weighted by atomic mass is 10.2. The molecular formula is C19H19ClN4O. The lowest BCUT2D eigenvalue weighted by molar-refractivity contribution is 0.110. The maximum absolute atomic E-state index is 5.93.